The predicted octanol–water partition coefficient (Wildman–Crippen LogP) is 2.58. The summed E-state index contributed by atoms with van der Waals surface area (Å²) in [5.74, 6) is 0.186. The molecule has 0 bridgehead atoms. The second-order valence-electron chi connectivity index (χ2n) is 12.4. The first-order valence-electron chi connectivity index (χ1n) is 15.8. The number of hydrogen-bond acceptors (Lipinski definition) is 6. The van der Waals surface area contributed by atoms with E-state index in [1.165, 1.54) is 6.42 Å². The van der Waals surface area contributed by atoms with Crippen molar-refractivity contribution in [1.82, 2.24) is 30.4 Å². The Morgan fingerprint density at radius 3 is 2.55 bits per heavy atom. The van der Waals surface area contributed by atoms with Gasteiger partial charge in [-0.15, -0.1) is 0 Å². The van der Waals surface area contributed by atoms with E-state index in [4.69, 9.17) is 0 Å². The number of aromatic nitrogens is 2. The van der Waals surface area contributed by atoms with Crippen LogP contribution in [-0.4, -0.2) is 99.5 Å². The summed E-state index contributed by atoms with van der Waals surface area (Å²) in [6, 6.07) is 7.68. The van der Waals surface area contributed by atoms with E-state index in [1.54, 1.807) is 12.5 Å². The Balaban J connectivity index is 1.12. The normalized spacial score (nSPS) is 22.3. The average molecular weight is 578 g/mol. The fourth-order valence-electron chi connectivity index (χ4n) is 7.56. The Morgan fingerprint density at radius 1 is 1.05 bits per heavy atom. The predicted molar refractivity (Wildman–Crippen MR) is 159 cm³/mol. The number of carbonyl (C=O) groups excluding carboxylic acids is 3. The number of piperidine rings is 3. The molecule has 11 nitrogen and oxygen atoms in total. The van der Waals surface area contributed by atoms with Gasteiger partial charge in [-0.3, -0.25) is 14.6 Å². The number of rotatable bonds is 8. The van der Waals surface area contributed by atoms with Gasteiger partial charge in [0.1, 0.15) is 6.04 Å². The maximum Gasteiger partial charge on any atom is 0.331 e. The number of H-pyrrole nitrogens is 1. The van der Waals surface area contributed by atoms with Gasteiger partial charge in [-0.2, -0.15) is 0 Å². The van der Waals surface area contributed by atoms with Crippen molar-refractivity contribution in [3.63, 3.8) is 0 Å². The Hall–Kier alpha value is -3.28. The van der Waals surface area contributed by atoms with Crippen LogP contribution in [0.4, 0.5) is 10.5 Å². The minimum atomic E-state index is -0.559. The van der Waals surface area contributed by atoms with E-state index in [1.807, 2.05) is 28.0 Å². The number of nitrogens with zero attached hydrogens (tertiary/aromatic N) is 4. The van der Waals surface area contributed by atoms with Crippen LogP contribution in [0.2, 0.25) is 0 Å². The third-order valence-electron chi connectivity index (χ3n) is 9.95. The first kappa shape index (κ1) is 28.8. The van der Waals surface area contributed by atoms with Crippen LogP contribution in [0.15, 0.2) is 36.8 Å². The smallest absolute Gasteiger partial charge is 0.331 e. The van der Waals surface area contributed by atoms with Gasteiger partial charge < -0.3 is 25.4 Å². The standard InChI is InChI=1S/C31H44N8O3/c40-29(37-14-10-25(11-15-37)38-21-23-6-2-3-7-27(23)36-31(38)42)18-28(34-20-24-19-33-22-35-24)30(41)39(16-4-1-5-17-39)26-8-12-32-13-9-26/h2-3,6-7,19,22,25-26,28,32,34H,1,4-5,8-18,20-21H2,(H-,33,35,36,42)/p+1. The van der Waals surface area contributed by atoms with Crippen LogP contribution in [0.5, 0.6) is 0 Å². The fraction of sp³-hybridized carbons (Fsp3) is 0.613. The van der Waals surface area contributed by atoms with Crippen LogP contribution in [0.25, 0.3) is 0 Å². The lowest BCUT2D eigenvalue weighted by Crippen LogP contribution is -2.68. The lowest BCUT2D eigenvalue weighted by Gasteiger charge is -2.47. The van der Waals surface area contributed by atoms with E-state index in [0.29, 0.717) is 36.7 Å². The van der Waals surface area contributed by atoms with Gasteiger partial charge in [0.15, 0.2) is 0 Å². The Labute approximate surface area is 248 Å². The quantitative estimate of drug-likeness (QED) is 0.358. The second-order valence-corrected chi connectivity index (χ2v) is 12.4. The van der Waals surface area contributed by atoms with Crippen LogP contribution in [-0.2, 0) is 22.7 Å². The number of likely N-dealkylation sites (tertiary alicyclic amines) is 2. The lowest BCUT2D eigenvalue weighted by atomic mass is 9.93. The van der Waals surface area contributed by atoms with E-state index >= 15 is 0 Å². The van der Waals surface area contributed by atoms with Crippen molar-refractivity contribution >= 4 is 23.5 Å². The topological polar surface area (TPSA) is 122 Å². The maximum atomic E-state index is 14.5. The van der Waals surface area contributed by atoms with Crippen LogP contribution < -0.4 is 16.0 Å². The van der Waals surface area contributed by atoms with E-state index in [-0.39, 0.29) is 30.3 Å². The molecular weight excluding hydrogens is 532 g/mol. The summed E-state index contributed by atoms with van der Waals surface area (Å²) < 4.78 is 0.503. The molecule has 1 aromatic carbocycles. The van der Waals surface area contributed by atoms with Crippen molar-refractivity contribution in [2.45, 2.75) is 82.6 Å². The van der Waals surface area contributed by atoms with Crippen LogP contribution >= 0.6 is 0 Å². The van der Waals surface area contributed by atoms with Gasteiger partial charge in [-0.1, -0.05) is 18.2 Å². The highest BCUT2D eigenvalue weighted by Gasteiger charge is 2.48. The molecular formula is C31H45N8O3+. The van der Waals surface area contributed by atoms with Gasteiger partial charge in [0, 0.05) is 75.7 Å². The Morgan fingerprint density at radius 2 is 1.81 bits per heavy atom. The number of benzene rings is 1. The largest absolute Gasteiger partial charge is 0.347 e. The first-order chi connectivity index (χ1) is 20.5. The maximum absolute atomic E-state index is 14.5. The van der Waals surface area contributed by atoms with Gasteiger partial charge in [0.25, 0.3) is 0 Å². The molecule has 3 saturated heterocycles. The molecule has 4 aliphatic rings. The molecule has 2 aromatic rings. The monoisotopic (exact) mass is 577 g/mol. The molecule has 1 atom stereocenters. The number of nitrogens with one attached hydrogen (secondary N) is 4. The van der Waals surface area contributed by atoms with Crippen LogP contribution in [0, 0.1) is 0 Å². The second kappa shape index (κ2) is 12.9. The van der Waals surface area contributed by atoms with Gasteiger partial charge in [-0.25, -0.2) is 14.6 Å². The number of hydrogen-bond donors (Lipinski definition) is 4. The molecule has 0 aliphatic carbocycles. The zero-order valence-corrected chi connectivity index (χ0v) is 24.5. The molecule has 0 saturated carbocycles. The molecule has 6 rings (SSSR count). The zero-order chi connectivity index (χ0) is 28.9. The molecule has 1 aromatic heterocycles. The van der Waals surface area contributed by atoms with E-state index in [2.05, 4.69) is 32.0 Å². The number of aromatic amines is 1. The molecule has 0 radical (unpaired) electrons. The van der Waals surface area contributed by atoms with Crippen molar-refractivity contribution in [1.29, 1.82) is 0 Å². The molecule has 226 valence electrons. The van der Waals surface area contributed by atoms with Crippen molar-refractivity contribution in [2.24, 2.45) is 0 Å². The zero-order valence-electron chi connectivity index (χ0n) is 24.5. The third kappa shape index (κ3) is 6.09. The molecule has 0 spiro atoms. The van der Waals surface area contributed by atoms with Crippen molar-refractivity contribution in [2.75, 3.05) is 44.6 Å². The number of imidazole rings is 1. The number of fused-ring (bicyclic) bond motifs is 1. The highest BCUT2D eigenvalue weighted by Crippen LogP contribution is 2.31. The number of para-hydroxylation sites is 1. The highest BCUT2D eigenvalue weighted by molar-refractivity contribution is 5.92. The summed E-state index contributed by atoms with van der Waals surface area (Å²) in [6.07, 6.45) is 10.3. The Bertz CT molecular complexity index is 1230. The minimum Gasteiger partial charge on any atom is -0.347 e. The van der Waals surface area contributed by atoms with E-state index in [9.17, 15) is 14.4 Å². The van der Waals surface area contributed by atoms with Gasteiger partial charge in [0.05, 0.1) is 31.9 Å². The number of urea groups is 1. The number of carbonyl (C=O) groups is 3. The molecule has 42 heavy (non-hydrogen) atoms. The summed E-state index contributed by atoms with van der Waals surface area (Å²) >= 11 is 0. The summed E-state index contributed by atoms with van der Waals surface area (Å²) in [7, 11) is 0. The molecule has 1 unspecified atom stereocenters. The lowest BCUT2D eigenvalue weighted by molar-refractivity contribution is -0.886. The first-order valence-corrected chi connectivity index (χ1v) is 15.8. The van der Waals surface area contributed by atoms with Crippen molar-refractivity contribution < 1.29 is 18.9 Å². The molecule has 5 heterocycles. The number of amides is 4. The van der Waals surface area contributed by atoms with Gasteiger partial charge >= 0.3 is 11.9 Å². The highest BCUT2D eigenvalue weighted by atomic mass is 16.2. The number of quaternary nitrogens is 1. The van der Waals surface area contributed by atoms with Crippen molar-refractivity contribution in [3.05, 3.63) is 48.0 Å². The summed E-state index contributed by atoms with van der Waals surface area (Å²) in [5, 5.41) is 9.94. The van der Waals surface area contributed by atoms with E-state index in [0.717, 1.165) is 81.6 Å². The van der Waals surface area contributed by atoms with E-state index < -0.39 is 6.04 Å². The molecule has 3 fully saturated rings. The van der Waals surface area contributed by atoms with Crippen LogP contribution in [0.1, 0.15) is 62.6 Å². The Kier molecular flexibility index (Phi) is 8.87. The SMILES string of the molecule is O=C(CC(NCc1cnc[nH]1)C(=O)[N+]1(C2CCNCC2)CCCCC1)N1CCC(N2Cc3ccccc3NC2=O)CC1. The van der Waals surface area contributed by atoms with Crippen LogP contribution in [0.3, 0.4) is 0 Å². The number of anilines is 1. The summed E-state index contributed by atoms with van der Waals surface area (Å²) in [4.78, 5) is 52.2. The van der Waals surface area contributed by atoms with Crippen molar-refractivity contribution in [3.8, 4) is 0 Å². The third-order valence-corrected chi connectivity index (χ3v) is 9.95. The van der Waals surface area contributed by atoms with Gasteiger partial charge in [0.2, 0.25) is 5.91 Å². The summed E-state index contributed by atoms with van der Waals surface area (Å²) in [6.45, 7) is 5.85. The molecule has 4 aliphatic heterocycles. The molecule has 4 N–H and O–H groups in total. The molecule has 11 heteroatoms. The average Bonchev–Trinajstić information content (AvgIpc) is 3.57. The fourth-order valence-corrected chi connectivity index (χ4v) is 7.56. The minimum absolute atomic E-state index is 0.0119. The summed E-state index contributed by atoms with van der Waals surface area (Å²) in [5.41, 5.74) is 2.89. The molecule has 4 amide bonds. The van der Waals surface area contributed by atoms with Gasteiger partial charge in [-0.05, 0) is 43.7 Å².